The molecule has 2 aromatic rings. The number of sulfone groups is 1. The van der Waals surface area contributed by atoms with Gasteiger partial charge in [-0.2, -0.15) is 9.78 Å². The Balaban J connectivity index is 2.01. The Kier molecular flexibility index (Phi) is 5.03. The lowest BCUT2D eigenvalue weighted by Crippen LogP contribution is -2.46. The highest BCUT2D eigenvalue weighted by Gasteiger charge is 2.31. The van der Waals surface area contributed by atoms with Gasteiger partial charge in [0.2, 0.25) is 0 Å². The summed E-state index contributed by atoms with van der Waals surface area (Å²) < 4.78 is 24.8. The molecular formula is C15H14Cl3N3O3S. The lowest BCUT2D eigenvalue weighted by Gasteiger charge is -2.32. The molecule has 6 nitrogen and oxygen atoms in total. The van der Waals surface area contributed by atoms with Crippen LogP contribution < -0.4 is 10.5 Å². The molecule has 3 rings (SSSR count). The van der Waals surface area contributed by atoms with Crippen LogP contribution >= 0.6 is 34.8 Å². The van der Waals surface area contributed by atoms with Crippen molar-refractivity contribution in [1.29, 1.82) is 0 Å². The van der Waals surface area contributed by atoms with Crippen LogP contribution in [0.3, 0.4) is 0 Å². The van der Waals surface area contributed by atoms with E-state index in [1.165, 1.54) is 12.3 Å². The molecule has 1 aromatic carbocycles. The number of halogens is 3. The molecule has 0 N–H and O–H groups in total. The maximum atomic E-state index is 12.6. The van der Waals surface area contributed by atoms with Crippen molar-refractivity contribution in [3.8, 4) is 5.69 Å². The number of rotatable bonds is 2. The number of anilines is 1. The molecule has 1 saturated heterocycles. The first kappa shape index (κ1) is 18.5. The summed E-state index contributed by atoms with van der Waals surface area (Å²) in [7, 11) is -3.10. The molecule has 0 aliphatic carbocycles. The van der Waals surface area contributed by atoms with E-state index in [9.17, 15) is 13.2 Å². The predicted octanol–water partition coefficient (Wildman–Crippen LogP) is 2.82. The molecule has 25 heavy (non-hydrogen) atoms. The van der Waals surface area contributed by atoms with Crippen LogP contribution in [-0.4, -0.2) is 42.3 Å². The maximum absolute atomic E-state index is 12.6. The molecular weight excluding hydrogens is 409 g/mol. The third kappa shape index (κ3) is 3.51. The van der Waals surface area contributed by atoms with Crippen molar-refractivity contribution in [2.45, 2.75) is 12.2 Å². The van der Waals surface area contributed by atoms with Crippen LogP contribution in [-0.2, 0) is 9.84 Å². The highest BCUT2D eigenvalue weighted by molar-refractivity contribution is 7.92. The van der Waals surface area contributed by atoms with Crippen molar-refractivity contribution in [2.24, 2.45) is 0 Å². The number of nitrogens with zero attached hydrogens (tertiary/aromatic N) is 3. The van der Waals surface area contributed by atoms with Gasteiger partial charge < -0.3 is 4.90 Å². The number of hydrogen-bond acceptors (Lipinski definition) is 5. The summed E-state index contributed by atoms with van der Waals surface area (Å²) >= 11 is 18.2. The monoisotopic (exact) mass is 421 g/mol. The number of hydrogen-bond donors (Lipinski definition) is 0. The highest BCUT2D eigenvalue weighted by Crippen LogP contribution is 2.27. The van der Waals surface area contributed by atoms with Crippen molar-refractivity contribution >= 4 is 50.3 Å². The molecule has 1 unspecified atom stereocenters. The molecule has 0 spiro atoms. The largest absolute Gasteiger partial charge is 0.367 e. The first-order valence-electron chi connectivity index (χ1n) is 7.40. The predicted molar refractivity (Wildman–Crippen MR) is 100 cm³/mol. The van der Waals surface area contributed by atoms with Crippen LogP contribution in [0.5, 0.6) is 0 Å². The molecule has 0 radical (unpaired) electrons. The quantitative estimate of drug-likeness (QED) is 0.744. The summed E-state index contributed by atoms with van der Waals surface area (Å²) in [5, 5.41) is 4.27. The van der Waals surface area contributed by atoms with Crippen LogP contribution in [0, 0.1) is 0 Å². The van der Waals surface area contributed by atoms with Crippen molar-refractivity contribution in [3.63, 3.8) is 0 Å². The van der Waals surface area contributed by atoms with Crippen LogP contribution in [0.1, 0.15) is 6.92 Å². The van der Waals surface area contributed by atoms with Crippen molar-refractivity contribution in [1.82, 2.24) is 9.78 Å². The van der Waals surface area contributed by atoms with E-state index in [0.717, 1.165) is 4.68 Å². The Bertz CT molecular complexity index is 991. The van der Waals surface area contributed by atoms with E-state index in [2.05, 4.69) is 5.10 Å². The Hall–Kier alpha value is -1.28. The third-order valence-corrected chi connectivity index (χ3v) is 7.14. The van der Waals surface area contributed by atoms with Gasteiger partial charge >= 0.3 is 0 Å². The normalized spacial score (nSPS) is 19.8. The van der Waals surface area contributed by atoms with E-state index in [0.29, 0.717) is 16.4 Å². The Morgan fingerprint density at radius 3 is 2.56 bits per heavy atom. The summed E-state index contributed by atoms with van der Waals surface area (Å²) in [6, 6.07) is 4.67. The number of aromatic nitrogens is 2. The summed E-state index contributed by atoms with van der Waals surface area (Å²) in [5.41, 5.74) is 0.235. The summed E-state index contributed by atoms with van der Waals surface area (Å²) in [6.45, 7) is 2.16. The average Bonchev–Trinajstić information content (AvgIpc) is 2.54. The van der Waals surface area contributed by atoms with E-state index in [1.54, 1.807) is 24.0 Å². The van der Waals surface area contributed by atoms with Gasteiger partial charge in [-0.15, -0.1) is 0 Å². The minimum absolute atomic E-state index is 0.0105. The second kappa shape index (κ2) is 6.79. The van der Waals surface area contributed by atoms with Crippen molar-refractivity contribution in [2.75, 3.05) is 23.7 Å². The molecule has 1 aromatic heterocycles. The first-order valence-corrected chi connectivity index (χ1v) is 10.3. The summed E-state index contributed by atoms with van der Waals surface area (Å²) in [6.07, 6.45) is 1.44. The van der Waals surface area contributed by atoms with Gasteiger partial charge in [0.15, 0.2) is 9.84 Å². The first-order chi connectivity index (χ1) is 11.7. The zero-order chi connectivity index (χ0) is 18.4. The van der Waals surface area contributed by atoms with Crippen LogP contribution in [0.15, 0.2) is 29.2 Å². The number of benzene rings is 1. The minimum atomic E-state index is -3.10. The molecule has 0 saturated carbocycles. The van der Waals surface area contributed by atoms with E-state index in [1.807, 2.05) is 0 Å². The topological polar surface area (TPSA) is 72.3 Å². The summed E-state index contributed by atoms with van der Waals surface area (Å²) in [5.74, 6) is 0.0105. The van der Waals surface area contributed by atoms with Gasteiger partial charge in [-0.3, -0.25) is 4.79 Å². The van der Waals surface area contributed by atoms with E-state index in [4.69, 9.17) is 34.8 Å². The second-order valence-corrected chi connectivity index (χ2v) is 9.54. The van der Waals surface area contributed by atoms with Crippen molar-refractivity contribution in [3.05, 3.63) is 49.8 Å². The van der Waals surface area contributed by atoms with E-state index >= 15 is 0 Å². The van der Waals surface area contributed by atoms with Crippen LogP contribution in [0.4, 0.5) is 5.69 Å². The Morgan fingerprint density at radius 2 is 1.92 bits per heavy atom. The van der Waals surface area contributed by atoms with Gasteiger partial charge in [0.25, 0.3) is 5.56 Å². The van der Waals surface area contributed by atoms with Gasteiger partial charge in [-0.05, 0) is 25.1 Å². The molecule has 0 bridgehead atoms. The zero-order valence-electron chi connectivity index (χ0n) is 13.1. The standard InChI is InChI=1S/C15H14Cl3N3O3S/c1-9-8-20(4-5-25(9,23)24)13-7-19-21(15(22)14(13)18)12-3-2-10(16)6-11(12)17/h2-3,6-7,9H,4-5,8H2,1H3. The lowest BCUT2D eigenvalue weighted by atomic mass is 10.3. The fourth-order valence-corrected chi connectivity index (χ4v) is 4.66. The molecule has 10 heteroatoms. The molecule has 1 aliphatic rings. The Labute approximate surface area is 159 Å². The SMILES string of the molecule is CC1CN(c2cnn(-c3ccc(Cl)cc3Cl)c(=O)c2Cl)CCS1(=O)=O. The smallest absolute Gasteiger partial charge is 0.292 e. The lowest BCUT2D eigenvalue weighted by molar-refractivity contribution is 0.569. The molecule has 0 amide bonds. The van der Waals surface area contributed by atoms with Crippen molar-refractivity contribution < 1.29 is 8.42 Å². The second-order valence-electron chi connectivity index (χ2n) is 5.78. The zero-order valence-corrected chi connectivity index (χ0v) is 16.2. The molecule has 2 heterocycles. The minimum Gasteiger partial charge on any atom is -0.367 e. The highest BCUT2D eigenvalue weighted by atomic mass is 35.5. The van der Waals surface area contributed by atoms with Gasteiger partial charge in [0.1, 0.15) is 5.02 Å². The van der Waals surface area contributed by atoms with E-state index < -0.39 is 20.6 Å². The summed E-state index contributed by atoms with van der Waals surface area (Å²) in [4.78, 5) is 14.4. The van der Waals surface area contributed by atoms with Gasteiger partial charge in [-0.1, -0.05) is 34.8 Å². The third-order valence-electron chi connectivity index (χ3n) is 4.12. The fraction of sp³-hybridized carbons (Fsp3) is 0.333. The molecule has 1 fully saturated rings. The average molecular weight is 423 g/mol. The molecule has 1 aliphatic heterocycles. The molecule has 1 atom stereocenters. The van der Waals surface area contributed by atoms with E-state index in [-0.39, 0.29) is 28.9 Å². The fourth-order valence-electron chi connectivity index (χ4n) is 2.64. The maximum Gasteiger partial charge on any atom is 0.292 e. The van der Waals surface area contributed by atoms with Gasteiger partial charge in [0, 0.05) is 18.1 Å². The van der Waals surface area contributed by atoms with Crippen LogP contribution in [0.25, 0.3) is 5.69 Å². The van der Waals surface area contributed by atoms with Crippen LogP contribution in [0.2, 0.25) is 15.1 Å². The van der Waals surface area contributed by atoms with Gasteiger partial charge in [-0.25, -0.2) is 8.42 Å². The Morgan fingerprint density at radius 1 is 1.20 bits per heavy atom. The van der Waals surface area contributed by atoms with Gasteiger partial charge in [0.05, 0.1) is 33.6 Å². The molecule has 134 valence electrons.